The first kappa shape index (κ1) is 23.2. The minimum absolute atomic E-state index is 0.166. The maximum atomic E-state index is 12.4. The number of ether oxygens (including phenoxy) is 2. The van der Waals surface area contributed by atoms with E-state index in [1.54, 1.807) is 55.5 Å². The average molecular weight is 451 g/mol. The summed E-state index contributed by atoms with van der Waals surface area (Å²) in [6.45, 7) is 4.28. The molecule has 166 valence electrons. The van der Waals surface area contributed by atoms with E-state index in [4.69, 9.17) is 9.47 Å². The number of nitrogens with one attached hydrogen (secondary N) is 2. The van der Waals surface area contributed by atoms with Gasteiger partial charge in [0, 0.05) is 11.4 Å². The van der Waals surface area contributed by atoms with Crippen LogP contribution in [0.3, 0.4) is 0 Å². The monoisotopic (exact) mass is 450 g/mol. The second kappa shape index (κ2) is 11.8. The number of anilines is 2. The number of para-hydroxylation sites is 1. The summed E-state index contributed by atoms with van der Waals surface area (Å²) in [5.41, 5.74) is 1.36. The highest BCUT2D eigenvalue weighted by Gasteiger charge is 2.15. The summed E-state index contributed by atoms with van der Waals surface area (Å²) in [7, 11) is 0. The Morgan fingerprint density at radius 1 is 0.812 bits per heavy atom. The molecule has 2 amide bonds. The first-order valence-corrected chi connectivity index (χ1v) is 11.4. The van der Waals surface area contributed by atoms with Gasteiger partial charge in [0.1, 0.15) is 17.2 Å². The van der Waals surface area contributed by atoms with Crippen molar-refractivity contribution in [2.75, 3.05) is 23.0 Å². The Labute approximate surface area is 192 Å². The third-order valence-electron chi connectivity index (χ3n) is 4.38. The topological polar surface area (TPSA) is 76.7 Å². The molecule has 1 unspecified atom stereocenters. The Bertz CT molecular complexity index is 1010. The fourth-order valence-corrected chi connectivity index (χ4v) is 3.43. The van der Waals surface area contributed by atoms with E-state index >= 15 is 0 Å². The van der Waals surface area contributed by atoms with E-state index < -0.39 is 0 Å². The second-order valence-electron chi connectivity index (χ2n) is 6.89. The molecule has 32 heavy (non-hydrogen) atoms. The molecule has 6 nitrogen and oxygen atoms in total. The van der Waals surface area contributed by atoms with Crippen LogP contribution in [-0.2, 0) is 9.59 Å². The molecule has 0 aliphatic rings. The molecule has 0 bridgehead atoms. The molecule has 3 rings (SSSR count). The van der Waals surface area contributed by atoms with E-state index in [1.165, 1.54) is 11.8 Å². The molecule has 1 atom stereocenters. The summed E-state index contributed by atoms with van der Waals surface area (Å²) >= 11 is 1.27. The standard InChI is InChI=1S/C25H26N2O4S/c1-3-30-21-13-9-19(10-14-21)26-24(28)17-32-18(2)25(29)27-20-11-15-23(16-12-20)31-22-7-5-4-6-8-22/h4-16,18H,3,17H2,1-2H3,(H,26,28)(H,27,29). The van der Waals surface area contributed by atoms with Gasteiger partial charge in [-0.3, -0.25) is 9.59 Å². The first-order valence-electron chi connectivity index (χ1n) is 10.3. The maximum absolute atomic E-state index is 12.4. The van der Waals surface area contributed by atoms with Crippen molar-refractivity contribution in [2.24, 2.45) is 0 Å². The molecule has 0 aliphatic heterocycles. The van der Waals surface area contributed by atoms with Crippen LogP contribution in [-0.4, -0.2) is 29.4 Å². The zero-order valence-corrected chi connectivity index (χ0v) is 18.9. The lowest BCUT2D eigenvalue weighted by Gasteiger charge is -2.13. The third kappa shape index (κ3) is 7.35. The lowest BCUT2D eigenvalue weighted by Crippen LogP contribution is -2.25. The van der Waals surface area contributed by atoms with Crippen LogP contribution in [0.25, 0.3) is 0 Å². The van der Waals surface area contributed by atoms with Gasteiger partial charge >= 0.3 is 0 Å². The Balaban J connectivity index is 1.42. The Morgan fingerprint density at radius 3 is 2.00 bits per heavy atom. The predicted octanol–water partition coefficient (Wildman–Crippen LogP) is 5.58. The molecule has 0 fully saturated rings. The molecule has 3 aromatic rings. The molecule has 2 N–H and O–H groups in total. The molecule has 7 heteroatoms. The first-order chi connectivity index (χ1) is 15.5. The smallest absolute Gasteiger partial charge is 0.237 e. The Hall–Kier alpha value is -3.45. The summed E-state index contributed by atoms with van der Waals surface area (Å²) in [4.78, 5) is 24.6. The molecule has 0 saturated carbocycles. The van der Waals surface area contributed by atoms with Gasteiger partial charge in [-0.05, 0) is 74.5 Å². The van der Waals surface area contributed by atoms with Crippen LogP contribution in [0.1, 0.15) is 13.8 Å². The lowest BCUT2D eigenvalue weighted by molar-refractivity contribution is -0.115. The van der Waals surface area contributed by atoms with Gasteiger partial charge in [-0.2, -0.15) is 0 Å². The van der Waals surface area contributed by atoms with Crippen LogP contribution in [0.5, 0.6) is 17.2 Å². The third-order valence-corrected chi connectivity index (χ3v) is 5.53. The van der Waals surface area contributed by atoms with Crippen molar-refractivity contribution in [2.45, 2.75) is 19.1 Å². The fraction of sp³-hybridized carbons (Fsp3) is 0.200. The van der Waals surface area contributed by atoms with Gasteiger partial charge in [0.2, 0.25) is 11.8 Å². The van der Waals surface area contributed by atoms with Crippen LogP contribution in [0.2, 0.25) is 0 Å². The van der Waals surface area contributed by atoms with Crippen molar-refractivity contribution in [1.29, 1.82) is 0 Å². The van der Waals surface area contributed by atoms with Gasteiger partial charge < -0.3 is 20.1 Å². The van der Waals surface area contributed by atoms with Crippen molar-refractivity contribution >= 4 is 35.0 Å². The Kier molecular flexibility index (Phi) is 8.57. The minimum Gasteiger partial charge on any atom is -0.494 e. The van der Waals surface area contributed by atoms with E-state index in [0.29, 0.717) is 23.7 Å². The molecule has 3 aromatic carbocycles. The van der Waals surface area contributed by atoms with Crippen molar-refractivity contribution in [3.8, 4) is 17.2 Å². The van der Waals surface area contributed by atoms with Gasteiger partial charge in [0.15, 0.2) is 0 Å². The van der Waals surface area contributed by atoms with E-state index in [-0.39, 0.29) is 22.8 Å². The largest absolute Gasteiger partial charge is 0.494 e. The van der Waals surface area contributed by atoms with E-state index in [2.05, 4.69) is 10.6 Å². The molecular weight excluding hydrogens is 424 g/mol. The van der Waals surface area contributed by atoms with Crippen LogP contribution in [0, 0.1) is 0 Å². The minimum atomic E-state index is -0.388. The summed E-state index contributed by atoms with van der Waals surface area (Å²) in [5.74, 6) is 2.03. The molecular formula is C25H26N2O4S. The van der Waals surface area contributed by atoms with Crippen LogP contribution in [0.15, 0.2) is 78.9 Å². The zero-order valence-electron chi connectivity index (χ0n) is 18.0. The summed E-state index contributed by atoms with van der Waals surface area (Å²) < 4.78 is 11.1. The molecule has 0 radical (unpaired) electrons. The number of carbonyl (C=O) groups excluding carboxylic acids is 2. The average Bonchev–Trinajstić information content (AvgIpc) is 2.81. The Morgan fingerprint density at radius 2 is 1.38 bits per heavy atom. The molecule has 0 heterocycles. The maximum Gasteiger partial charge on any atom is 0.237 e. The zero-order chi connectivity index (χ0) is 22.8. The van der Waals surface area contributed by atoms with E-state index in [1.807, 2.05) is 37.3 Å². The van der Waals surface area contributed by atoms with Crippen molar-refractivity contribution in [1.82, 2.24) is 0 Å². The predicted molar refractivity (Wildman–Crippen MR) is 130 cm³/mol. The van der Waals surface area contributed by atoms with Gasteiger partial charge in [-0.15, -0.1) is 11.8 Å². The van der Waals surface area contributed by atoms with Gasteiger partial charge in [-0.25, -0.2) is 0 Å². The van der Waals surface area contributed by atoms with Crippen molar-refractivity contribution < 1.29 is 19.1 Å². The highest BCUT2D eigenvalue weighted by Crippen LogP contribution is 2.23. The number of hydrogen-bond donors (Lipinski definition) is 2. The van der Waals surface area contributed by atoms with Gasteiger partial charge in [-0.1, -0.05) is 18.2 Å². The van der Waals surface area contributed by atoms with Gasteiger partial charge in [0.05, 0.1) is 17.6 Å². The fourth-order valence-electron chi connectivity index (χ4n) is 2.75. The SMILES string of the molecule is CCOc1ccc(NC(=O)CSC(C)C(=O)Nc2ccc(Oc3ccccc3)cc2)cc1. The van der Waals surface area contributed by atoms with E-state index in [0.717, 1.165) is 11.5 Å². The second-order valence-corrected chi connectivity index (χ2v) is 8.22. The highest BCUT2D eigenvalue weighted by molar-refractivity contribution is 8.01. The van der Waals surface area contributed by atoms with Crippen LogP contribution < -0.4 is 20.1 Å². The normalized spacial score (nSPS) is 11.3. The number of carbonyl (C=O) groups is 2. The lowest BCUT2D eigenvalue weighted by atomic mass is 10.3. The number of amides is 2. The van der Waals surface area contributed by atoms with E-state index in [9.17, 15) is 9.59 Å². The number of benzene rings is 3. The highest BCUT2D eigenvalue weighted by atomic mass is 32.2. The quantitative estimate of drug-likeness (QED) is 0.422. The van der Waals surface area contributed by atoms with Gasteiger partial charge in [0.25, 0.3) is 0 Å². The molecule has 0 saturated heterocycles. The summed E-state index contributed by atoms with van der Waals surface area (Å²) in [6, 6.07) is 23.8. The molecule has 0 spiro atoms. The van der Waals surface area contributed by atoms with Crippen LogP contribution in [0.4, 0.5) is 11.4 Å². The number of hydrogen-bond acceptors (Lipinski definition) is 5. The molecule has 0 aliphatic carbocycles. The molecule has 0 aromatic heterocycles. The van der Waals surface area contributed by atoms with Crippen molar-refractivity contribution in [3.05, 3.63) is 78.9 Å². The summed E-state index contributed by atoms with van der Waals surface area (Å²) in [5, 5.41) is 5.30. The van der Waals surface area contributed by atoms with Crippen LogP contribution >= 0.6 is 11.8 Å². The summed E-state index contributed by atoms with van der Waals surface area (Å²) in [6.07, 6.45) is 0. The number of rotatable bonds is 10. The number of thioether (sulfide) groups is 1. The van der Waals surface area contributed by atoms with Crippen molar-refractivity contribution in [3.63, 3.8) is 0 Å².